The molecule has 3 rings (SSSR count). The predicted octanol–water partition coefficient (Wildman–Crippen LogP) is 3.78. The maximum Gasteiger partial charge on any atom is 0.158 e. The molecule has 0 spiro atoms. The van der Waals surface area contributed by atoms with Crippen molar-refractivity contribution in [1.29, 1.82) is 0 Å². The van der Waals surface area contributed by atoms with E-state index < -0.39 is 0 Å². The van der Waals surface area contributed by atoms with E-state index in [2.05, 4.69) is 42.2 Å². The van der Waals surface area contributed by atoms with Crippen molar-refractivity contribution in [3.05, 3.63) is 42.6 Å². The van der Waals surface area contributed by atoms with Crippen molar-refractivity contribution in [3.8, 4) is 0 Å². The smallest absolute Gasteiger partial charge is 0.158 e. The molecule has 0 amide bonds. The zero-order valence-electron chi connectivity index (χ0n) is 11.9. The van der Waals surface area contributed by atoms with Gasteiger partial charge in [0.15, 0.2) is 5.65 Å². The molecule has 0 saturated heterocycles. The van der Waals surface area contributed by atoms with Gasteiger partial charge in [-0.2, -0.15) is 5.10 Å². The molecule has 3 aromatic heterocycles. The lowest BCUT2D eigenvalue weighted by Gasteiger charge is -2.13. The van der Waals surface area contributed by atoms with E-state index in [-0.39, 0.29) is 6.04 Å². The van der Waals surface area contributed by atoms with Crippen molar-refractivity contribution in [2.24, 2.45) is 0 Å². The molecule has 3 heterocycles. The van der Waals surface area contributed by atoms with Crippen LogP contribution in [0.25, 0.3) is 11.0 Å². The summed E-state index contributed by atoms with van der Waals surface area (Å²) in [6, 6.07) is 4.52. The van der Waals surface area contributed by atoms with Crippen LogP contribution in [0.4, 0.5) is 5.69 Å². The quantitative estimate of drug-likeness (QED) is 0.784. The molecule has 5 heteroatoms. The van der Waals surface area contributed by atoms with E-state index in [0.717, 1.165) is 22.3 Å². The van der Waals surface area contributed by atoms with Gasteiger partial charge in [-0.3, -0.25) is 0 Å². The molecule has 1 atom stereocenters. The van der Waals surface area contributed by atoms with E-state index in [0.29, 0.717) is 6.04 Å². The number of furan rings is 1. The number of pyridine rings is 1. The van der Waals surface area contributed by atoms with Gasteiger partial charge in [0, 0.05) is 17.0 Å². The van der Waals surface area contributed by atoms with Crippen LogP contribution >= 0.6 is 0 Å². The summed E-state index contributed by atoms with van der Waals surface area (Å²) >= 11 is 0. The minimum Gasteiger partial charge on any atom is -0.472 e. The average molecular weight is 270 g/mol. The Balaban J connectivity index is 1.86. The molecular weight excluding hydrogens is 252 g/mol. The van der Waals surface area contributed by atoms with Gasteiger partial charge < -0.3 is 9.73 Å². The zero-order valence-corrected chi connectivity index (χ0v) is 11.9. The fourth-order valence-corrected chi connectivity index (χ4v) is 2.25. The van der Waals surface area contributed by atoms with E-state index in [1.165, 1.54) is 0 Å². The molecule has 5 nitrogen and oxygen atoms in total. The highest BCUT2D eigenvalue weighted by atomic mass is 16.3. The van der Waals surface area contributed by atoms with Gasteiger partial charge in [-0.15, -0.1) is 0 Å². The molecule has 104 valence electrons. The SMILES string of the molecule is CC(Nc1cnc2c(cnn2C(C)C)c1)c1ccoc1. The van der Waals surface area contributed by atoms with Gasteiger partial charge in [0.05, 0.1) is 36.6 Å². The summed E-state index contributed by atoms with van der Waals surface area (Å²) < 4.78 is 7.03. The summed E-state index contributed by atoms with van der Waals surface area (Å²) in [5, 5.41) is 8.84. The van der Waals surface area contributed by atoms with Crippen molar-refractivity contribution in [2.75, 3.05) is 5.32 Å². The first-order valence-electron chi connectivity index (χ1n) is 6.77. The van der Waals surface area contributed by atoms with Crippen LogP contribution in [0.3, 0.4) is 0 Å². The molecule has 1 unspecified atom stereocenters. The molecule has 0 bridgehead atoms. The van der Waals surface area contributed by atoms with Crippen LogP contribution in [-0.4, -0.2) is 14.8 Å². The van der Waals surface area contributed by atoms with Crippen molar-refractivity contribution in [2.45, 2.75) is 32.9 Å². The summed E-state index contributed by atoms with van der Waals surface area (Å²) in [5.41, 5.74) is 3.01. The predicted molar refractivity (Wildman–Crippen MR) is 78.7 cm³/mol. The lowest BCUT2D eigenvalue weighted by Crippen LogP contribution is -2.06. The highest BCUT2D eigenvalue weighted by Crippen LogP contribution is 2.23. The maximum absolute atomic E-state index is 5.10. The van der Waals surface area contributed by atoms with E-state index in [1.807, 2.05) is 23.1 Å². The molecule has 0 aliphatic rings. The highest BCUT2D eigenvalue weighted by molar-refractivity contribution is 5.78. The summed E-state index contributed by atoms with van der Waals surface area (Å²) in [6.07, 6.45) is 7.14. The third-order valence-corrected chi connectivity index (χ3v) is 3.35. The van der Waals surface area contributed by atoms with Gasteiger partial charge in [0.25, 0.3) is 0 Å². The zero-order chi connectivity index (χ0) is 14.1. The van der Waals surface area contributed by atoms with Crippen LogP contribution < -0.4 is 5.32 Å². The van der Waals surface area contributed by atoms with E-state index in [1.54, 1.807) is 12.5 Å². The molecule has 0 fully saturated rings. The Morgan fingerprint density at radius 3 is 2.80 bits per heavy atom. The Labute approximate surface area is 117 Å². The van der Waals surface area contributed by atoms with Crippen molar-refractivity contribution < 1.29 is 4.42 Å². The lowest BCUT2D eigenvalue weighted by atomic mass is 10.2. The number of nitrogens with zero attached hydrogens (tertiary/aromatic N) is 3. The average Bonchev–Trinajstić information content (AvgIpc) is 3.07. The van der Waals surface area contributed by atoms with Crippen LogP contribution in [0, 0.1) is 0 Å². The molecule has 3 aromatic rings. The molecule has 0 aliphatic carbocycles. The minimum absolute atomic E-state index is 0.174. The Hall–Kier alpha value is -2.30. The Bertz CT molecular complexity index is 700. The number of hydrogen-bond donors (Lipinski definition) is 1. The van der Waals surface area contributed by atoms with Gasteiger partial charge in [0.2, 0.25) is 0 Å². The minimum atomic E-state index is 0.174. The molecule has 20 heavy (non-hydrogen) atoms. The maximum atomic E-state index is 5.10. The van der Waals surface area contributed by atoms with Crippen LogP contribution in [-0.2, 0) is 0 Å². The number of nitrogens with one attached hydrogen (secondary N) is 1. The lowest BCUT2D eigenvalue weighted by molar-refractivity contribution is 0.546. The number of fused-ring (bicyclic) bond motifs is 1. The van der Waals surface area contributed by atoms with Crippen molar-refractivity contribution >= 4 is 16.7 Å². The van der Waals surface area contributed by atoms with Gasteiger partial charge in [-0.1, -0.05) is 0 Å². The number of anilines is 1. The standard InChI is InChI=1S/C15H18N4O/c1-10(2)19-15-13(7-17-19)6-14(8-16-15)18-11(3)12-4-5-20-9-12/h4-11,18H,1-3H3. The van der Waals surface area contributed by atoms with Crippen LogP contribution in [0.5, 0.6) is 0 Å². The monoisotopic (exact) mass is 270 g/mol. The van der Waals surface area contributed by atoms with Crippen molar-refractivity contribution in [1.82, 2.24) is 14.8 Å². The molecule has 0 aromatic carbocycles. The highest BCUT2D eigenvalue weighted by Gasteiger charge is 2.10. The van der Waals surface area contributed by atoms with Gasteiger partial charge >= 0.3 is 0 Å². The van der Waals surface area contributed by atoms with Crippen LogP contribution in [0.1, 0.15) is 38.4 Å². The molecule has 0 aliphatic heterocycles. The Morgan fingerprint density at radius 2 is 2.10 bits per heavy atom. The van der Waals surface area contributed by atoms with Gasteiger partial charge in [-0.05, 0) is 32.9 Å². The van der Waals surface area contributed by atoms with E-state index >= 15 is 0 Å². The molecular formula is C15H18N4O. The summed E-state index contributed by atoms with van der Waals surface area (Å²) in [6.45, 7) is 6.29. The normalized spacial score (nSPS) is 13.0. The molecule has 0 saturated carbocycles. The largest absolute Gasteiger partial charge is 0.472 e. The Morgan fingerprint density at radius 1 is 1.25 bits per heavy atom. The Kier molecular flexibility index (Phi) is 3.18. The topological polar surface area (TPSA) is 55.9 Å². The second-order valence-corrected chi connectivity index (χ2v) is 5.24. The summed E-state index contributed by atoms with van der Waals surface area (Å²) in [7, 11) is 0. The second-order valence-electron chi connectivity index (χ2n) is 5.24. The summed E-state index contributed by atoms with van der Waals surface area (Å²) in [5.74, 6) is 0. The third kappa shape index (κ3) is 2.27. The second kappa shape index (κ2) is 5.00. The fraction of sp³-hybridized carbons (Fsp3) is 0.333. The summed E-state index contributed by atoms with van der Waals surface area (Å²) in [4.78, 5) is 4.51. The van der Waals surface area contributed by atoms with E-state index in [9.17, 15) is 0 Å². The fourth-order valence-electron chi connectivity index (χ4n) is 2.25. The van der Waals surface area contributed by atoms with E-state index in [4.69, 9.17) is 4.42 Å². The van der Waals surface area contributed by atoms with Crippen LogP contribution in [0.2, 0.25) is 0 Å². The first-order chi connectivity index (χ1) is 9.65. The number of aromatic nitrogens is 3. The molecule has 0 radical (unpaired) electrons. The van der Waals surface area contributed by atoms with Gasteiger partial charge in [0.1, 0.15) is 0 Å². The first-order valence-corrected chi connectivity index (χ1v) is 6.77. The van der Waals surface area contributed by atoms with Gasteiger partial charge in [-0.25, -0.2) is 9.67 Å². The number of hydrogen-bond acceptors (Lipinski definition) is 4. The van der Waals surface area contributed by atoms with Crippen LogP contribution in [0.15, 0.2) is 41.5 Å². The third-order valence-electron chi connectivity index (χ3n) is 3.35. The number of rotatable bonds is 4. The molecule has 1 N–H and O–H groups in total. The van der Waals surface area contributed by atoms with Crippen molar-refractivity contribution in [3.63, 3.8) is 0 Å². The first kappa shape index (κ1) is 12.7.